The van der Waals surface area contributed by atoms with Crippen LogP contribution in [0.25, 0.3) is 0 Å². The predicted octanol–water partition coefficient (Wildman–Crippen LogP) is 1.89. The molecule has 2 fully saturated rings. The summed E-state index contributed by atoms with van der Waals surface area (Å²) in [6, 6.07) is 10.8. The maximum absolute atomic E-state index is 6.00. The number of rotatable bonds is 3. The fourth-order valence-corrected chi connectivity index (χ4v) is 3.20. The highest BCUT2D eigenvalue weighted by molar-refractivity contribution is 5.14. The monoisotopic (exact) mass is 260 g/mol. The minimum absolute atomic E-state index is 0.422. The van der Waals surface area contributed by atoms with Gasteiger partial charge in [0.05, 0.1) is 12.7 Å². The highest BCUT2D eigenvalue weighted by Crippen LogP contribution is 2.21. The molecule has 1 aromatic rings. The number of nitrogens with one attached hydrogen (secondary N) is 1. The topological polar surface area (TPSA) is 24.5 Å². The maximum atomic E-state index is 6.00. The molecule has 0 bridgehead atoms. The van der Waals surface area contributed by atoms with Crippen molar-refractivity contribution in [3.05, 3.63) is 35.9 Å². The molecule has 1 aromatic carbocycles. The van der Waals surface area contributed by atoms with Crippen molar-refractivity contribution >= 4 is 0 Å². The molecular weight excluding hydrogens is 236 g/mol. The van der Waals surface area contributed by atoms with Gasteiger partial charge in [0.25, 0.3) is 0 Å². The first kappa shape index (κ1) is 13.1. The molecule has 2 aliphatic heterocycles. The molecule has 3 heteroatoms. The van der Waals surface area contributed by atoms with Crippen LogP contribution in [0, 0.1) is 5.92 Å². The molecule has 0 spiro atoms. The molecule has 104 valence electrons. The van der Waals surface area contributed by atoms with E-state index in [0.29, 0.717) is 12.0 Å². The molecule has 3 rings (SSSR count). The van der Waals surface area contributed by atoms with Gasteiger partial charge in [-0.25, -0.2) is 0 Å². The summed E-state index contributed by atoms with van der Waals surface area (Å²) >= 11 is 0. The quantitative estimate of drug-likeness (QED) is 0.898. The van der Waals surface area contributed by atoms with Gasteiger partial charge in [0.1, 0.15) is 0 Å². The van der Waals surface area contributed by atoms with Gasteiger partial charge in [-0.2, -0.15) is 0 Å². The first-order valence-electron chi connectivity index (χ1n) is 7.50. The van der Waals surface area contributed by atoms with Gasteiger partial charge in [-0.05, 0) is 30.9 Å². The summed E-state index contributed by atoms with van der Waals surface area (Å²) in [5, 5.41) is 3.50. The molecule has 0 aromatic heterocycles. The Kier molecular flexibility index (Phi) is 4.49. The van der Waals surface area contributed by atoms with Crippen molar-refractivity contribution < 1.29 is 4.74 Å². The molecule has 19 heavy (non-hydrogen) atoms. The highest BCUT2D eigenvalue weighted by atomic mass is 16.5. The first-order valence-corrected chi connectivity index (χ1v) is 7.50. The van der Waals surface area contributed by atoms with E-state index in [1.807, 2.05) is 0 Å². The number of ether oxygens (including phenoxy) is 1. The van der Waals surface area contributed by atoms with Crippen LogP contribution in [-0.2, 0) is 11.3 Å². The van der Waals surface area contributed by atoms with Crippen LogP contribution >= 0.6 is 0 Å². The van der Waals surface area contributed by atoms with E-state index in [4.69, 9.17) is 4.74 Å². The Morgan fingerprint density at radius 3 is 2.95 bits per heavy atom. The lowest BCUT2D eigenvalue weighted by molar-refractivity contribution is -0.0641. The van der Waals surface area contributed by atoms with E-state index in [9.17, 15) is 0 Å². The Bertz CT molecular complexity index is 376. The van der Waals surface area contributed by atoms with E-state index in [2.05, 4.69) is 40.5 Å². The number of morpholine rings is 1. The van der Waals surface area contributed by atoms with Gasteiger partial charge in [0, 0.05) is 26.2 Å². The molecule has 0 saturated carbocycles. The molecule has 3 nitrogen and oxygen atoms in total. The number of benzene rings is 1. The summed E-state index contributed by atoms with van der Waals surface area (Å²) in [5.74, 6) is 0.701. The zero-order chi connectivity index (χ0) is 12.9. The molecule has 0 amide bonds. The number of hydrogen-bond donors (Lipinski definition) is 1. The molecule has 0 radical (unpaired) electrons. The van der Waals surface area contributed by atoms with Crippen molar-refractivity contribution in [3.63, 3.8) is 0 Å². The molecule has 1 N–H and O–H groups in total. The van der Waals surface area contributed by atoms with Gasteiger partial charge in [-0.3, -0.25) is 4.90 Å². The van der Waals surface area contributed by atoms with Crippen LogP contribution in [0.2, 0.25) is 0 Å². The van der Waals surface area contributed by atoms with Gasteiger partial charge in [0.2, 0.25) is 0 Å². The fraction of sp³-hybridized carbons (Fsp3) is 0.625. The van der Waals surface area contributed by atoms with Crippen LogP contribution in [0.3, 0.4) is 0 Å². The summed E-state index contributed by atoms with van der Waals surface area (Å²) < 4.78 is 6.00. The number of piperidine rings is 1. The zero-order valence-corrected chi connectivity index (χ0v) is 11.6. The van der Waals surface area contributed by atoms with Crippen molar-refractivity contribution in [2.75, 3.05) is 32.8 Å². The lowest BCUT2D eigenvalue weighted by Gasteiger charge is -2.38. The Morgan fingerprint density at radius 1 is 1.26 bits per heavy atom. The van der Waals surface area contributed by atoms with Crippen LogP contribution in [0.1, 0.15) is 18.4 Å². The smallest absolute Gasteiger partial charge is 0.0742 e. The van der Waals surface area contributed by atoms with Crippen molar-refractivity contribution in [3.8, 4) is 0 Å². The van der Waals surface area contributed by atoms with Gasteiger partial charge in [-0.15, -0.1) is 0 Å². The molecule has 2 unspecified atom stereocenters. The van der Waals surface area contributed by atoms with E-state index >= 15 is 0 Å². The van der Waals surface area contributed by atoms with E-state index in [1.165, 1.54) is 24.9 Å². The van der Waals surface area contributed by atoms with Crippen molar-refractivity contribution in [1.29, 1.82) is 0 Å². The summed E-state index contributed by atoms with van der Waals surface area (Å²) in [6.07, 6.45) is 3.03. The standard InChI is InChI=1S/C16H24N2O/c1-2-5-14(6-3-1)12-18-9-10-19-16(13-18)15-7-4-8-17-11-15/h1-3,5-6,15-17H,4,7-13H2. The maximum Gasteiger partial charge on any atom is 0.0742 e. The van der Waals surface area contributed by atoms with E-state index in [1.54, 1.807) is 0 Å². The average Bonchev–Trinajstić information content (AvgIpc) is 2.49. The Hall–Kier alpha value is -0.900. The van der Waals surface area contributed by atoms with Gasteiger partial charge >= 0.3 is 0 Å². The van der Waals surface area contributed by atoms with Crippen LogP contribution in [0.15, 0.2) is 30.3 Å². The lowest BCUT2D eigenvalue weighted by atomic mass is 9.92. The summed E-state index contributed by atoms with van der Waals surface area (Å²) in [6.45, 7) is 6.39. The predicted molar refractivity (Wildman–Crippen MR) is 77.1 cm³/mol. The second-order valence-electron chi connectivity index (χ2n) is 5.74. The van der Waals surface area contributed by atoms with Crippen molar-refractivity contribution in [1.82, 2.24) is 10.2 Å². The summed E-state index contributed by atoms with van der Waals surface area (Å²) in [5.41, 5.74) is 1.41. The van der Waals surface area contributed by atoms with E-state index in [-0.39, 0.29) is 0 Å². The van der Waals surface area contributed by atoms with Crippen LogP contribution in [-0.4, -0.2) is 43.8 Å². The SMILES string of the molecule is c1ccc(CN2CCOC(C3CCCNC3)C2)cc1. The average molecular weight is 260 g/mol. The normalized spacial score (nSPS) is 29.3. The largest absolute Gasteiger partial charge is 0.375 e. The van der Waals surface area contributed by atoms with Crippen LogP contribution in [0.5, 0.6) is 0 Å². The zero-order valence-electron chi connectivity index (χ0n) is 11.6. The van der Waals surface area contributed by atoms with Gasteiger partial charge < -0.3 is 10.1 Å². The third kappa shape index (κ3) is 3.56. The molecule has 2 aliphatic rings. The Labute approximate surface area is 115 Å². The molecular formula is C16H24N2O. The van der Waals surface area contributed by atoms with E-state index in [0.717, 1.165) is 32.8 Å². The summed E-state index contributed by atoms with van der Waals surface area (Å²) in [7, 11) is 0. The van der Waals surface area contributed by atoms with Crippen molar-refractivity contribution in [2.24, 2.45) is 5.92 Å². The fourth-order valence-electron chi connectivity index (χ4n) is 3.20. The second-order valence-corrected chi connectivity index (χ2v) is 5.74. The minimum Gasteiger partial charge on any atom is -0.375 e. The summed E-state index contributed by atoms with van der Waals surface area (Å²) in [4.78, 5) is 2.54. The van der Waals surface area contributed by atoms with Crippen LogP contribution in [0.4, 0.5) is 0 Å². The molecule has 2 saturated heterocycles. The van der Waals surface area contributed by atoms with Crippen LogP contribution < -0.4 is 5.32 Å². The third-order valence-corrected chi connectivity index (χ3v) is 4.29. The number of hydrogen-bond acceptors (Lipinski definition) is 3. The van der Waals surface area contributed by atoms with Gasteiger partial charge in [0.15, 0.2) is 0 Å². The molecule has 0 aliphatic carbocycles. The van der Waals surface area contributed by atoms with E-state index < -0.39 is 0 Å². The Balaban J connectivity index is 1.55. The van der Waals surface area contributed by atoms with Gasteiger partial charge in [-0.1, -0.05) is 30.3 Å². The molecule has 2 heterocycles. The second kappa shape index (κ2) is 6.51. The van der Waals surface area contributed by atoms with Crippen molar-refractivity contribution in [2.45, 2.75) is 25.5 Å². The number of nitrogens with zero attached hydrogens (tertiary/aromatic N) is 1. The Morgan fingerprint density at radius 2 is 2.16 bits per heavy atom. The highest BCUT2D eigenvalue weighted by Gasteiger charge is 2.28. The molecule has 2 atom stereocenters. The minimum atomic E-state index is 0.422. The lowest BCUT2D eigenvalue weighted by Crippen LogP contribution is -2.48. The third-order valence-electron chi connectivity index (χ3n) is 4.29. The first-order chi connectivity index (χ1) is 9.42.